The fraction of sp³-hybridized carbons (Fsp3) is 0.929. The van der Waals surface area contributed by atoms with Crippen LogP contribution in [-0.2, 0) is 18.9 Å². The summed E-state index contributed by atoms with van der Waals surface area (Å²) in [6.07, 6.45) is 1.54. The molecule has 0 N–H and O–H groups in total. The van der Waals surface area contributed by atoms with Gasteiger partial charge in [0, 0.05) is 6.61 Å². The molecule has 0 spiro atoms. The zero-order valence-electron chi connectivity index (χ0n) is 12.3. The highest BCUT2D eigenvalue weighted by molar-refractivity contribution is 4.79. The average molecular weight is 271 g/mol. The summed E-state index contributed by atoms with van der Waals surface area (Å²) >= 11 is 0. The summed E-state index contributed by atoms with van der Waals surface area (Å²) in [5.41, 5.74) is 0. The molecule has 3 atom stereocenters. The van der Waals surface area contributed by atoms with Crippen molar-refractivity contribution < 1.29 is 18.9 Å². The molecule has 0 bridgehead atoms. The molecule has 1 aliphatic heterocycles. The number of nitrogens with zero attached hydrogens (tertiary/aromatic N) is 1. The fourth-order valence-corrected chi connectivity index (χ4v) is 1.94. The first-order valence-corrected chi connectivity index (χ1v) is 6.94. The van der Waals surface area contributed by atoms with Crippen LogP contribution in [-0.4, -0.2) is 37.5 Å². The van der Waals surface area contributed by atoms with Gasteiger partial charge >= 0.3 is 0 Å². The predicted molar refractivity (Wildman–Crippen MR) is 70.3 cm³/mol. The molecule has 5 nitrogen and oxygen atoms in total. The molecule has 0 amide bonds. The Bertz CT molecular complexity index is 300. The third-order valence-electron chi connectivity index (χ3n) is 2.84. The smallest absolute Gasteiger partial charge is 0.187 e. The normalized spacial score (nSPS) is 27.1. The van der Waals surface area contributed by atoms with Gasteiger partial charge in [-0.05, 0) is 27.2 Å². The largest absolute Gasteiger partial charge is 0.379 e. The molecule has 5 heteroatoms. The van der Waals surface area contributed by atoms with E-state index in [1.807, 2.05) is 20.8 Å². The van der Waals surface area contributed by atoms with Gasteiger partial charge in [-0.1, -0.05) is 13.3 Å². The third-order valence-corrected chi connectivity index (χ3v) is 2.84. The van der Waals surface area contributed by atoms with Crippen molar-refractivity contribution in [2.75, 3.05) is 13.2 Å². The lowest BCUT2D eigenvalue weighted by Gasteiger charge is -2.22. The standard InChI is InChI=1S/C14H25NO4/c1-5-6-9-16-10-12(7-8-15)17-13-11(2)18-14(3,4)19-13/h11-13H,5-7,9-10H2,1-4H3/t11-,12?,13+/m0/s1. The minimum absolute atomic E-state index is 0.146. The second-order valence-electron chi connectivity index (χ2n) is 5.26. The van der Waals surface area contributed by atoms with Gasteiger partial charge in [0.2, 0.25) is 0 Å². The second-order valence-corrected chi connectivity index (χ2v) is 5.26. The number of nitriles is 1. The van der Waals surface area contributed by atoms with Crippen molar-refractivity contribution in [3.05, 3.63) is 0 Å². The van der Waals surface area contributed by atoms with Crippen LogP contribution in [0.25, 0.3) is 0 Å². The van der Waals surface area contributed by atoms with Crippen LogP contribution in [0.15, 0.2) is 0 Å². The number of hydrogen-bond donors (Lipinski definition) is 0. The fourth-order valence-electron chi connectivity index (χ4n) is 1.94. The van der Waals surface area contributed by atoms with Crippen molar-refractivity contribution in [3.8, 4) is 6.07 Å². The minimum atomic E-state index is -0.635. The molecule has 1 unspecified atom stereocenters. The van der Waals surface area contributed by atoms with Crippen molar-refractivity contribution in [2.45, 2.75) is 71.2 Å². The second kappa shape index (κ2) is 7.81. The first-order valence-electron chi connectivity index (χ1n) is 6.94. The summed E-state index contributed by atoms with van der Waals surface area (Å²) in [4.78, 5) is 0. The van der Waals surface area contributed by atoms with Gasteiger partial charge in [0.25, 0.3) is 0 Å². The van der Waals surface area contributed by atoms with E-state index in [-0.39, 0.29) is 12.2 Å². The van der Waals surface area contributed by atoms with Gasteiger partial charge in [-0.25, -0.2) is 0 Å². The van der Waals surface area contributed by atoms with Gasteiger partial charge in [-0.15, -0.1) is 0 Å². The summed E-state index contributed by atoms with van der Waals surface area (Å²) in [5.74, 6) is -0.635. The molecule has 1 fully saturated rings. The Balaban J connectivity index is 2.38. The molecule has 19 heavy (non-hydrogen) atoms. The van der Waals surface area contributed by atoms with Crippen LogP contribution in [0.5, 0.6) is 0 Å². The lowest BCUT2D eigenvalue weighted by atomic mass is 10.3. The molecule has 1 rings (SSSR count). The van der Waals surface area contributed by atoms with Crippen LogP contribution in [0.2, 0.25) is 0 Å². The Hall–Kier alpha value is -0.670. The maximum atomic E-state index is 8.82. The van der Waals surface area contributed by atoms with Gasteiger partial charge in [0.1, 0.15) is 6.10 Å². The quantitative estimate of drug-likeness (QED) is 0.635. The average Bonchev–Trinajstić information content (AvgIpc) is 2.58. The monoisotopic (exact) mass is 271 g/mol. The summed E-state index contributed by atoms with van der Waals surface area (Å²) < 4.78 is 22.6. The molecule has 0 radical (unpaired) electrons. The number of ether oxygens (including phenoxy) is 4. The van der Waals surface area contributed by atoms with Crippen molar-refractivity contribution >= 4 is 0 Å². The van der Waals surface area contributed by atoms with Crippen molar-refractivity contribution in [1.29, 1.82) is 5.26 Å². The summed E-state index contributed by atoms with van der Waals surface area (Å²) in [5, 5.41) is 8.82. The molecule has 0 aliphatic carbocycles. The molecule has 0 aromatic rings. The van der Waals surface area contributed by atoms with E-state index < -0.39 is 12.1 Å². The zero-order chi connectivity index (χ0) is 14.3. The summed E-state index contributed by atoms with van der Waals surface area (Å²) in [6, 6.07) is 2.12. The lowest BCUT2D eigenvalue weighted by Crippen LogP contribution is -2.32. The highest BCUT2D eigenvalue weighted by atomic mass is 16.8. The van der Waals surface area contributed by atoms with Crippen LogP contribution in [0, 0.1) is 11.3 Å². The van der Waals surface area contributed by atoms with Gasteiger partial charge in [-0.2, -0.15) is 5.26 Å². The topological polar surface area (TPSA) is 60.7 Å². The van der Waals surface area contributed by atoms with E-state index in [1.165, 1.54) is 0 Å². The molecule has 0 aromatic heterocycles. The van der Waals surface area contributed by atoms with E-state index in [9.17, 15) is 0 Å². The molecular weight excluding hydrogens is 246 g/mol. The molecule has 1 saturated heterocycles. The van der Waals surface area contributed by atoms with Crippen molar-refractivity contribution in [3.63, 3.8) is 0 Å². The number of hydrogen-bond acceptors (Lipinski definition) is 5. The van der Waals surface area contributed by atoms with Crippen molar-refractivity contribution in [2.24, 2.45) is 0 Å². The molecule has 1 heterocycles. The van der Waals surface area contributed by atoms with Crippen LogP contribution >= 0.6 is 0 Å². The SMILES string of the molecule is CCCCOCC(CC#N)O[C@@H]1OC(C)(C)O[C@H]1C. The predicted octanol–water partition coefficient (Wildman–Crippen LogP) is 2.60. The van der Waals surface area contributed by atoms with Crippen molar-refractivity contribution in [1.82, 2.24) is 0 Å². The minimum Gasteiger partial charge on any atom is -0.379 e. The maximum absolute atomic E-state index is 8.82. The Kier molecular flexibility index (Phi) is 6.73. The molecule has 0 aromatic carbocycles. The molecule has 0 saturated carbocycles. The van der Waals surface area contributed by atoms with E-state index in [4.69, 9.17) is 24.2 Å². The molecular formula is C14H25NO4. The number of rotatable bonds is 8. The van der Waals surface area contributed by atoms with E-state index in [0.29, 0.717) is 19.6 Å². The Morgan fingerprint density at radius 2 is 2.11 bits per heavy atom. The van der Waals surface area contributed by atoms with Crippen LogP contribution in [0.4, 0.5) is 0 Å². The zero-order valence-corrected chi connectivity index (χ0v) is 12.3. The number of unbranched alkanes of at least 4 members (excludes halogenated alkanes) is 1. The van der Waals surface area contributed by atoms with E-state index >= 15 is 0 Å². The van der Waals surface area contributed by atoms with Crippen LogP contribution in [0.3, 0.4) is 0 Å². The van der Waals surface area contributed by atoms with E-state index in [2.05, 4.69) is 13.0 Å². The van der Waals surface area contributed by atoms with Gasteiger partial charge in [0.15, 0.2) is 12.1 Å². The lowest BCUT2D eigenvalue weighted by molar-refractivity contribution is -0.209. The van der Waals surface area contributed by atoms with E-state index in [1.54, 1.807) is 0 Å². The first-order chi connectivity index (χ1) is 8.98. The highest BCUT2D eigenvalue weighted by Crippen LogP contribution is 2.29. The van der Waals surface area contributed by atoms with Gasteiger partial charge < -0.3 is 18.9 Å². The Morgan fingerprint density at radius 3 is 2.63 bits per heavy atom. The van der Waals surface area contributed by atoms with Gasteiger partial charge in [-0.3, -0.25) is 0 Å². The Morgan fingerprint density at radius 1 is 1.37 bits per heavy atom. The summed E-state index contributed by atoms with van der Waals surface area (Å²) in [7, 11) is 0. The highest BCUT2D eigenvalue weighted by Gasteiger charge is 2.40. The first kappa shape index (κ1) is 16.4. The van der Waals surface area contributed by atoms with E-state index in [0.717, 1.165) is 12.8 Å². The summed E-state index contributed by atoms with van der Waals surface area (Å²) in [6.45, 7) is 8.83. The molecule has 1 aliphatic rings. The van der Waals surface area contributed by atoms with Gasteiger partial charge in [0.05, 0.1) is 25.2 Å². The third kappa shape index (κ3) is 5.87. The molecule has 110 valence electrons. The van der Waals surface area contributed by atoms with Crippen LogP contribution in [0.1, 0.15) is 47.0 Å². The Labute approximate surface area is 115 Å². The maximum Gasteiger partial charge on any atom is 0.187 e. The van der Waals surface area contributed by atoms with Crippen LogP contribution < -0.4 is 0 Å².